The first-order chi connectivity index (χ1) is 13.7. The lowest BCUT2D eigenvalue weighted by Crippen LogP contribution is -2.41. The molecule has 0 spiro atoms. The van der Waals surface area contributed by atoms with Gasteiger partial charge < -0.3 is 10.2 Å². The molecule has 0 fully saturated rings. The SMILES string of the molecule is CCCN(CC(F)(F)F)C1=NC2=C(C(=O)Nc3cncc(C)c3)C(C)NN2C=C1. The number of anilines is 1. The van der Waals surface area contributed by atoms with E-state index in [4.69, 9.17) is 0 Å². The zero-order valence-electron chi connectivity index (χ0n) is 16.4. The van der Waals surface area contributed by atoms with Gasteiger partial charge in [0, 0.05) is 18.9 Å². The number of nitrogens with zero attached hydrogens (tertiary/aromatic N) is 4. The lowest BCUT2D eigenvalue weighted by atomic mass is 10.1. The average molecular weight is 408 g/mol. The third kappa shape index (κ3) is 4.94. The van der Waals surface area contributed by atoms with Gasteiger partial charge in [0.25, 0.3) is 5.91 Å². The summed E-state index contributed by atoms with van der Waals surface area (Å²) in [4.78, 5) is 22.5. The molecule has 0 bridgehead atoms. The second-order valence-electron chi connectivity index (χ2n) is 6.99. The van der Waals surface area contributed by atoms with E-state index in [1.165, 1.54) is 17.2 Å². The van der Waals surface area contributed by atoms with Crippen molar-refractivity contribution in [3.05, 3.63) is 47.7 Å². The molecule has 1 aromatic heterocycles. The van der Waals surface area contributed by atoms with E-state index >= 15 is 0 Å². The van der Waals surface area contributed by atoms with E-state index in [9.17, 15) is 18.0 Å². The summed E-state index contributed by atoms with van der Waals surface area (Å²) in [6.45, 7) is 4.55. The predicted molar refractivity (Wildman–Crippen MR) is 104 cm³/mol. The number of halogens is 3. The fourth-order valence-electron chi connectivity index (χ4n) is 3.23. The Morgan fingerprint density at radius 1 is 1.38 bits per heavy atom. The second kappa shape index (κ2) is 8.24. The maximum absolute atomic E-state index is 13.0. The minimum Gasteiger partial charge on any atom is -0.347 e. The minimum atomic E-state index is -4.35. The lowest BCUT2D eigenvalue weighted by Gasteiger charge is -2.28. The van der Waals surface area contributed by atoms with Crippen molar-refractivity contribution in [2.75, 3.05) is 18.4 Å². The number of carbonyl (C=O) groups excluding carboxylic acids is 1. The van der Waals surface area contributed by atoms with Crippen molar-refractivity contribution in [2.24, 2.45) is 4.99 Å². The van der Waals surface area contributed by atoms with Crippen LogP contribution < -0.4 is 10.7 Å². The Balaban J connectivity index is 1.91. The van der Waals surface area contributed by atoms with Crippen molar-refractivity contribution in [1.82, 2.24) is 20.3 Å². The Hall–Kier alpha value is -2.88. The molecule has 7 nitrogen and oxygen atoms in total. The molecule has 0 saturated carbocycles. The summed E-state index contributed by atoms with van der Waals surface area (Å²) in [7, 11) is 0. The van der Waals surface area contributed by atoms with Gasteiger partial charge in [0.05, 0.1) is 23.5 Å². The van der Waals surface area contributed by atoms with Gasteiger partial charge >= 0.3 is 6.18 Å². The molecular weight excluding hydrogens is 385 g/mol. The first-order valence-electron chi connectivity index (χ1n) is 9.29. The number of aliphatic imine (C=N–C) groups is 1. The Bertz CT molecular complexity index is 877. The van der Waals surface area contributed by atoms with Crippen LogP contribution in [0.1, 0.15) is 25.8 Å². The number of pyridine rings is 1. The molecule has 1 atom stereocenters. The molecule has 3 heterocycles. The van der Waals surface area contributed by atoms with E-state index < -0.39 is 12.7 Å². The summed E-state index contributed by atoms with van der Waals surface area (Å²) in [6, 6.07) is 1.42. The topological polar surface area (TPSA) is 72.9 Å². The third-order valence-electron chi connectivity index (χ3n) is 4.39. The van der Waals surface area contributed by atoms with Crippen molar-refractivity contribution in [3.63, 3.8) is 0 Å². The van der Waals surface area contributed by atoms with Crippen LogP contribution in [-0.4, -0.2) is 51.9 Å². The fourth-order valence-corrected chi connectivity index (χ4v) is 3.23. The van der Waals surface area contributed by atoms with Gasteiger partial charge in [-0.25, -0.2) is 10.4 Å². The van der Waals surface area contributed by atoms with E-state index in [1.807, 2.05) is 6.92 Å². The third-order valence-corrected chi connectivity index (χ3v) is 4.39. The van der Waals surface area contributed by atoms with Crippen molar-refractivity contribution in [2.45, 2.75) is 39.4 Å². The Kier molecular flexibility index (Phi) is 5.92. The van der Waals surface area contributed by atoms with E-state index in [2.05, 4.69) is 20.7 Å². The molecular formula is C19H23F3N6O. The fraction of sp³-hybridized carbons (Fsp3) is 0.421. The van der Waals surface area contributed by atoms with Crippen molar-refractivity contribution in [1.29, 1.82) is 0 Å². The molecule has 29 heavy (non-hydrogen) atoms. The van der Waals surface area contributed by atoms with Crippen LogP contribution in [0.4, 0.5) is 18.9 Å². The monoisotopic (exact) mass is 408 g/mol. The number of aryl methyl sites for hydroxylation is 1. The number of nitrogens with one attached hydrogen (secondary N) is 2. The average Bonchev–Trinajstić information content (AvgIpc) is 2.95. The van der Waals surface area contributed by atoms with Gasteiger partial charge in [-0.15, -0.1) is 0 Å². The van der Waals surface area contributed by atoms with Crippen LogP contribution in [0.25, 0.3) is 0 Å². The van der Waals surface area contributed by atoms with Gasteiger partial charge in [0.1, 0.15) is 12.4 Å². The molecule has 2 aliphatic rings. The van der Waals surface area contributed by atoms with E-state index in [-0.39, 0.29) is 30.2 Å². The van der Waals surface area contributed by atoms with Crippen LogP contribution in [0.15, 0.2) is 47.1 Å². The predicted octanol–water partition coefficient (Wildman–Crippen LogP) is 2.95. The highest BCUT2D eigenvalue weighted by atomic mass is 19.4. The molecule has 1 aromatic rings. The number of amides is 1. The molecule has 10 heteroatoms. The number of hydrazine groups is 1. The van der Waals surface area contributed by atoms with Gasteiger partial charge in [-0.1, -0.05) is 6.92 Å². The number of carbonyl (C=O) groups is 1. The van der Waals surface area contributed by atoms with Crippen LogP contribution >= 0.6 is 0 Å². The van der Waals surface area contributed by atoms with Crippen LogP contribution in [0.5, 0.6) is 0 Å². The van der Waals surface area contributed by atoms with Crippen molar-refractivity contribution < 1.29 is 18.0 Å². The van der Waals surface area contributed by atoms with Crippen LogP contribution in [0.3, 0.4) is 0 Å². The van der Waals surface area contributed by atoms with Crippen LogP contribution in [0.2, 0.25) is 0 Å². The largest absolute Gasteiger partial charge is 0.405 e. The summed E-state index contributed by atoms with van der Waals surface area (Å²) in [5, 5.41) is 4.33. The minimum absolute atomic E-state index is 0.175. The number of hydrogen-bond acceptors (Lipinski definition) is 6. The highest BCUT2D eigenvalue weighted by molar-refractivity contribution is 6.06. The van der Waals surface area contributed by atoms with Gasteiger partial charge in [-0.05, 0) is 38.0 Å². The Morgan fingerprint density at radius 2 is 2.14 bits per heavy atom. The first-order valence-corrected chi connectivity index (χ1v) is 9.29. The van der Waals surface area contributed by atoms with Crippen molar-refractivity contribution in [3.8, 4) is 0 Å². The van der Waals surface area contributed by atoms with Gasteiger partial charge in [0.2, 0.25) is 0 Å². The summed E-state index contributed by atoms with van der Waals surface area (Å²) in [5.74, 6) is 0.0800. The summed E-state index contributed by atoms with van der Waals surface area (Å²) in [5.41, 5.74) is 4.84. The number of alkyl halides is 3. The van der Waals surface area contributed by atoms with Gasteiger partial charge in [-0.3, -0.25) is 14.8 Å². The molecule has 2 aliphatic heterocycles. The molecule has 1 unspecified atom stereocenters. The number of amidine groups is 1. The molecule has 3 rings (SSSR count). The molecule has 1 amide bonds. The smallest absolute Gasteiger partial charge is 0.347 e. The molecule has 0 saturated heterocycles. The summed E-state index contributed by atoms with van der Waals surface area (Å²) in [6.07, 6.45) is 2.48. The summed E-state index contributed by atoms with van der Waals surface area (Å²) >= 11 is 0. The molecule has 156 valence electrons. The highest BCUT2D eigenvalue weighted by Gasteiger charge is 2.36. The van der Waals surface area contributed by atoms with E-state index in [1.54, 1.807) is 37.3 Å². The zero-order valence-corrected chi connectivity index (χ0v) is 16.4. The first kappa shape index (κ1) is 20.8. The maximum Gasteiger partial charge on any atom is 0.405 e. The second-order valence-corrected chi connectivity index (χ2v) is 6.99. The van der Waals surface area contributed by atoms with Gasteiger partial charge in [0.15, 0.2) is 5.82 Å². The van der Waals surface area contributed by atoms with Gasteiger partial charge in [-0.2, -0.15) is 13.2 Å². The summed E-state index contributed by atoms with van der Waals surface area (Å²) < 4.78 is 38.9. The van der Waals surface area contributed by atoms with E-state index in [0.717, 1.165) is 5.56 Å². The standard InChI is InChI=1S/C19H23F3N6O/c1-4-6-27(11-19(20,21)22)15-5-7-28-17(25-15)16(13(3)26-28)18(29)24-14-8-12(2)9-23-10-14/h5,7-10,13,26H,4,6,11H2,1-3H3,(H,24,29). The van der Waals surface area contributed by atoms with E-state index in [0.29, 0.717) is 17.7 Å². The van der Waals surface area contributed by atoms with Crippen LogP contribution in [-0.2, 0) is 4.79 Å². The molecule has 0 radical (unpaired) electrons. The quantitative estimate of drug-likeness (QED) is 0.784. The molecule has 2 N–H and O–H groups in total. The Labute approximate surface area is 167 Å². The van der Waals surface area contributed by atoms with Crippen molar-refractivity contribution >= 4 is 17.4 Å². The lowest BCUT2D eigenvalue weighted by molar-refractivity contribution is -0.137. The number of hydrogen-bond donors (Lipinski definition) is 2. The number of fused-ring (bicyclic) bond motifs is 1. The molecule has 0 aromatic carbocycles. The number of rotatable bonds is 5. The van der Waals surface area contributed by atoms with Crippen LogP contribution in [0, 0.1) is 6.92 Å². The highest BCUT2D eigenvalue weighted by Crippen LogP contribution is 2.27. The number of aromatic nitrogens is 1. The maximum atomic E-state index is 13.0. The molecule has 0 aliphatic carbocycles. The normalized spacial score (nSPS) is 18.6. The zero-order chi connectivity index (χ0) is 21.2. The Morgan fingerprint density at radius 3 is 2.79 bits per heavy atom.